The van der Waals surface area contributed by atoms with Crippen LogP contribution in [0.1, 0.15) is 58.9 Å². The Morgan fingerprint density at radius 3 is 2.21 bits per heavy atom. The van der Waals surface area contributed by atoms with Crippen LogP contribution in [0.4, 0.5) is 0 Å². The Balaban J connectivity index is 1.65. The minimum Gasteiger partial charge on any atom is -0.469 e. The van der Waals surface area contributed by atoms with Crippen molar-refractivity contribution in [3.63, 3.8) is 0 Å². The lowest BCUT2D eigenvalue weighted by Crippen LogP contribution is -2.47. The fourth-order valence-corrected chi connectivity index (χ4v) is 3.99. The van der Waals surface area contributed by atoms with Crippen molar-refractivity contribution in [3.05, 3.63) is 29.8 Å². The van der Waals surface area contributed by atoms with Gasteiger partial charge in [0.1, 0.15) is 0 Å². The highest BCUT2D eigenvalue weighted by Gasteiger charge is 2.43. The highest BCUT2D eigenvalue weighted by molar-refractivity contribution is 6.61. The van der Waals surface area contributed by atoms with Gasteiger partial charge in [-0.1, -0.05) is 45.0 Å². The summed E-state index contributed by atoms with van der Waals surface area (Å²) in [5.74, 6) is -0.158. The van der Waals surface area contributed by atoms with Crippen molar-refractivity contribution in [3.8, 4) is 0 Å². The van der Waals surface area contributed by atoms with Gasteiger partial charge in [0.05, 0.1) is 25.7 Å². The van der Waals surface area contributed by atoms with E-state index in [1.54, 1.807) is 0 Å². The van der Waals surface area contributed by atoms with Gasteiger partial charge in [0, 0.05) is 24.0 Å². The summed E-state index contributed by atoms with van der Waals surface area (Å²) in [6, 6.07) is 8.37. The standard InChI is InChI=1S/C22H33BO5/c1-6-22(13-19(24)25-5)12-11-21(4,26-16-22)17-7-9-18(10-8-17)23-27-14-20(2,3)15-28-23/h7-10H,6,11-16H2,1-5H3. The second-order valence-electron chi connectivity index (χ2n) is 9.37. The molecule has 2 atom stereocenters. The van der Waals surface area contributed by atoms with Crippen molar-refractivity contribution in [2.75, 3.05) is 26.9 Å². The molecule has 2 fully saturated rings. The Labute approximate surface area is 169 Å². The lowest BCUT2D eigenvalue weighted by atomic mass is 9.71. The number of rotatable bonds is 5. The molecule has 2 saturated heterocycles. The Hall–Kier alpha value is -1.37. The third kappa shape index (κ3) is 4.61. The number of esters is 1. The van der Waals surface area contributed by atoms with E-state index in [4.69, 9.17) is 18.8 Å². The van der Waals surface area contributed by atoms with E-state index in [1.165, 1.54) is 7.11 Å². The molecule has 0 spiro atoms. The number of methoxy groups -OCH3 is 1. The van der Waals surface area contributed by atoms with Gasteiger partial charge in [0.2, 0.25) is 0 Å². The van der Waals surface area contributed by atoms with Crippen LogP contribution in [0, 0.1) is 10.8 Å². The second-order valence-corrected chi connectivity index (χ2v) is 9.37. The average Bonchev–Trinajstić information content (AvgIpc) is 2.70. The van der Waals surface area contributed by atoms with E-state index in [0.29, 0.717) is 26.2 Å². The maximum atomic E-state index is 11.8. The fourth-order valence-electron chi connectivity index (χ4n) is 3.99. The summed E-state index contributed by atoms with van der Waals surface area (Å²) in [6.45, 7) is 10.5. The van der Waals surface area contributed by atoms with Crippen molar-refractivity contribution in [2.24, 2.45) is 10.8 Å². The molecule has 6 heteroatoms. The molecule has 0 N–H and O–H groups in total. The van der Waals surface area contributed by atoms with Gasteiger partial charge in [-0.2, -0.15) is 0 Å². The van der Waals surface area contributed by atoms with E-state index >= 15 is 0 Å². The smallest absolute Gasteiger partial charge is 0.469 e. The molecule has 2 unspecified atom stereocenters. The molecule has 0 aromatic heterocycles. The molecule has 2 aliphatic rings. The van der Waals surface area contributed by atoms with Crippen LogP contribution in [-0.4, -0.2) is 40.0 Å². The van der Waals surface area contributed by atoms with E-state index in [2.05, 4.69) is 52.0 Å². The van der Waals surface area contributed by atoms with Gasteiger partial charge in [0.25, 0.3) is 0 Å². The highest BCUT2D eigenvalue weighted by Crippen LogP contribution is 2.45. The normalized spacial score (nSPS) is 30.1. The average molecular weight is 388 g/mol. The highest BCUT2D eigenvalue weighted by atomic mass is 16.6. The summed E-state index contributed by atoms with van der Waals surface area (Å²) in [5, 5.41) is 0. The fraction of sp³-hybridized carbons (Fsp3) is 0.682. The summed E-state index contributed by atoms with van der Waals surface area (Å²) in [6.07, 6.45) is 3.15. The van der Waals surface area contributed by atoms with Crippen LogP contribution in [0.15, 0.2) is 24.3 Å². The molecule has 0 radical (unpaired) electrons. The second kappa shape index (κ2) is 8.17. The summed E-state index contributed by atoms with van der Waals surface area (Å²) in [4.78, 5) is 11.8. The molecule has 1 aromatic rings. The molecule has 0 amide bonds. The van der Waals surface area contributed by atoms with Gasteiger partial charge in [-0.15, -0.1) is 0 Å². The number of hydrogen-bond donors (Lipinski definition) is 0. The third-order valence-corrected chi connectivity index (χ3v) is 6.37. The van der Waals surface area contributed by atoms with Gasteiger partial charge in [0.15, 0.2) is 0 Å². The van der Waals surface area contributed by atoms with E-state index in [9.17, 15) is 4.79 Å². The number of benzene rings is 1. The summed E-state index contributed by atoms with van der Waals surface area (Å²) >= 11 is 0. The summed E-state index contributed by atoms with van der Waals surface area (Å²) in [5.41, 5.74) is 1.78. The molecule has 1 aromatic carbocycles. The molecule has 5 nitrogen and oxygen atoms in total. The first kappa shape index (κ1) is 21.3. The maximum Gasteiger partial charge on any atom is 0.493 e. The first-order valence-electron chi connectivity index (χ1n) is 10.3. The predicted octanol–water partition coefficient (Wildman–Crippen LogP) is 3.44. The topological polar surface area (TPSA) is 54.0 Å². The largest absolute Gasteiger partial charge is 0.493 e. The van der Waals surface area contributed by atoms with E-state index in [0.717, 1.165) is 30.3 Å². The molecule has 3 rings (SSSR count). The van der Waals surface area contributed by atoms with Gasteiger partial charge in [-0.25, -0.2) is 0 Å². The van der Waals surface area contributed by atoms with Gasteiger partial charge < -0.3 is 18.8 Å². The molecule has 154 valence electrons. The third-order valence-electron chi connectivity index (χ3n) is 6.37. The Kier molecular flexibility index (Phi) is 6.23. The zero-order valence-electron chi connectivity index (χ0n) is 17.9. The van der Waals surface area contributed by atoms with Crippen LogP contribution in [-0.2, 0) is 29.2 Å². The maximum absolute atomic E-state index is 11.8. The molecular formula is C22H33BO5. The molecular weight excluding hydrogens is 355 g/mol. The quantitative estimate of drug-likeness (QED) is 0.571. The van der Waals surface area contributed by atoms with Crippen molar-refractivity contribution < 1.29 is 23.6 Å². The Morgan fingerprint density at radius 2 is 1.71 bits per heavy atom. The van der Waals surface area contributed by atoms with Gasteiger partial charge >= 0.3 is 13.1 Å². The summed E-state index contributed by atoms with van der Waals surface area (Å²) < 4.78 is 23.0. The minimum absolute atomic E-state index is 0.0653. The lowest BCUT2D eigenvalue weighted by molar-refractivity contribution is -0.158. The van der Waals surface area contributed by atoms with Crippen molar-refractivity contribution >= 4 is 18.6 Å². The van der Waals surface area contributed by atoms with Gasteiger partial charge in [-0.3, -0.25) is 4.79 Å². The Morgan fingerprint density at radius 1 is 1.07 bits per heavy atom. The number of hydrogen-bond acceptors (Lipinski definition) is 5. The molecule has 0 saturated carbocycles. The number of carbonyl (C=O) groups is 1. The predicted molar refractivity (Wildman–Crippen MR) is 109 cm³/mol. The molecule has 0 bridgehead atoms. The zero-order chi connectivity index (χ0) is 20.4. The van der Waals surface area contributed by atoms with E-state index in [-0.39, 0.29) is 29.5 Å². The van der Waals surface area contributed by atoms with E-state index < -0.39 is 0 Å². The van der Waals surface area contributed by atoms with Crippen LogP contribution >= 0.6 is 0 Å². The molecule has 28 heavy (non-hydrogen) atoms. The number of carbonyl (C=O) groups excluding carboxylic acids is 1. The molecule has 2 aliphatic heterocycles. The SMILES string of the molecule is CCC1(CC(=O)OC)CCC(C)(c2ccc(B3OCC(C)(C)CO3)cc2)OC1. The van der Waals surface area contributed by atoms with Crippen LogP contribution < -0.4 is 5.46 Å². The van der Waals surface area contributed by atoms with Crippen LogP contribution in [0.25, 0.3) is 0 Å². The van der Waals surface area contributed by atoms with Crippen LogP contribution in [0.3, 0.4) is 0 Å². The zero-order valence-corrected chi connectivity index (χ0v) is 17.9. The molecule has 2 heterocycles. The number of ether oxygens (including phenoxy) is 2. The first-order valence-corrected chi connectivity index (χ1v) is 10.3. The summed E-state index contributed by atoms with van der Waals surface area (Å²) in [7, 11) is 1.15. The lowest BCUT2D eigenvalue weighted by Gasteiger charge is -2.44. The van der Waals surface area contributed by atoms with Gasteiger partial charge in [-0.05, 0) is 37.2 Å². The Bertz CT molecular complexity index is 667. The first-order chi connectivity index (χ1) is 13.2. The van der Waals surface area contributed by atoms with Crippen molar-refractivity contribution in [1.82, 2.24) is 0 Å². The van der Waals surface area contributed by atoms with Crippen molar-refractivity contribution in [2.45, 2.75) is 59.0 Å². The molecule has 0 aliphatic carbocycles. The monoisotopic (exact) mass is 388 g/mol. The van der Waals surface area contributed by atoms with Crippen molar-refractivity contribution in [1.29, 1.82) is 0 Å². The minimum atomic E-state index is -0.344. The van der Waals surface area contributed by atoms with E-state index in [1.807, 2.05) is 0 Å². The van der Waals surface area contributed by atoms with Crippen LogP contribution in [0.2, 0.25) is 0 Å². The van der Waals surface area contributed by atoms with Crippen LogP contribution in [0.5, 0.6) is 0 Å².